The zero-order valence-electron chi connectivity index (χ0n) is 9.30. The van der Waals surface area contributed by atoms with Crippen molar-refractivity contribution >= 4 is 50.0 Å². The standard InChI is InChI=1S/C11H9ClN2O2S2/c12-8-3-7-10(17-4-9(15)16)13-5-14-11(7)18(8)6-1-2-6/h3,5-6H,1-2,4H2/p+1. The Morgan fingerprint density at radius 3 is 3.00 bits per heavy atom. The van der Waals surface area contributed by atoms with E-state index in [1.165, 1.54) is 30.9 Å². The first-order chi connectivity index (χ1) is 8.66. The molecule has 1 aliphatic rings. The van der Waals surface area contributed by atoms with E-state index in [0.29, 0.717) is 5.25 Å². The van der Waals surface area contributed by atoms with Gasteiger partial charge in [-0.25, -0.2) is 4.98 Å². The smallest absolute Gasteiger partial charge is 0.313 e. The monoisotopic (exact) mass is 301 g/mol. The summed E-state index contributed by atoms with van der Waals surface area (Å²) in [5.74, 6) is -0.840. The number of aromatic nitrogens is 2. The second kappa shape index (κ2) is 4.68. The number of halogens is 1. The normalized spacial score (nSPS) is 16.2. The lowest BCUT2D eigenvalue weighted by molar-refractivity contribution is -0.133. The van der Waals surface area contributed by atoms with Crippen molar-refractivity contribution in [3.05, 3.63) is 16.7 Å². The maximum Gasteiger partial charge on any atom is 0.313 e. The van der Waals surface area contributed by atoms with Crippen LogP contribution >= 0.6 is 33.8 Å². The molecule has 0 amide bonds. The van der Waals surface area contributed by atoms with Gasteiger partial charge in [-0.2, -0.15) is 4.98 Å². The summed E-state index contributed by atoms with van der Waals surface area (Å²) < 4.78 is 0.838. The first kappa shape index (κ1) is 12.2. The van der Waals surface area contributed by atoms with Gasteiger partial charge < -0.3 is 5.11 Å². The Kier molecular flexibility index (Phi) is 3.17. The molecule has 1 N–H and O–H groups in total. The highest BCUT2D eigenvalue weighted by atomic mass is 35.5. The SMILES string of the molecule is O=C(O)CSc1ncnc2c1cc(Cl)[s+]2C1CC1. The van der Waals surface area contributed by atoms with Crippen LogP contribution in [0.1, 0.15) is 18.1 Å². The van der Waals surface area contributed by atoms with Gasteiger partial charge in [0.2, 0.25) is 4.34 Å². The van der Waals surface area contributed by atoms with Crippen LogP contribution in [0.2, 0.25) is 4.34 Å². The fraction of sp³-hybridized carbons (Fsp3) is 0.364. The Labute approximate surface area is 115 Å². The molecule has 1 unspecified atom stereocenters. The highest BCUT2D eigenvalue weighted by Crippen LogP contribution is 2.57. The van der Waals surface area contributed by atoms with E-state index in [2.05, 4.69) is 9.97 Å². The molecule has 0 radical (unpaired) electrons. The second-order valence-corrected chi connectivity index (χ2v) is 7.83. The molecule has 1 aliphatic carbocycles. The van der Waals surface area contributed by atoms with Crippen LogP contribution in [-0.2, 0) is 4.79 Å². The second-order valence-electron chi connectivity index (χ2n) is 4.07. The molecule has 0 bridgehead atoms. The van der Waals surface area contributed by atoms with Crippen molar-refractivity contribution in [2.24, 2.45) is 0 Å². The molecular formula is C11H10ClN2O2S2+. The Morgan fingerprint density at radius 1 is 1.56 bits per heavy atom. The van der Waals surface area contributed by atoms with Crippen LogP contribution in [0.5, 0.6) is 0 Å². The van der Waals surface area contributed by atoms with E-state index in [4.69, 9.17) is 16.7 Å². The van der Waals surface area contributed by atoms with E-state index in [1.54, 1.807) is 0 Å². The summed E-state index contributed by atoms with van der Waals surface area (Å²) in [7, 11) is -0.0975. The van der Waals surface area contributed by atoms with Crippen LogP contribution in [0.15, 0.2) is 17.4 Å². The fourth-order valence-electron chi connectivity index (χ4n) is 1.80. The summed E-state index contributed by atoms with van der Waals surface area (Å²) in [6, 6.07) is 1.91. The van der Waals surface area contributed by atoms with Crippen LogP contribution in [-0.4, -0.2) is 26.8 Å². The number of hydrogen-bond donors (Lipinski definition) is 1. The molecule has 1 atom stereocenters. The maximum atomic E-state index is 10.6. The molecular weight excluding hydrogens is 292 g/mol. The average Bonchev–Trinajstić information content (AvgIpc) is 3.09. The van der Waals surface area contributed by atoms with Crippen LogP contribution in [0, 0.1) is 0 Å². The number of thiophene rings is 1. The van der Waals surface area contributed by atoms with E-state index < -0.39 is 5.97 Å². The molecule has 0 aromatic carbocycles. The maximum absolute atomic E-state index is 10.6. The lowest BCUT2D eigenvalue weighted by Crippen LogP contribution is -1.98. The van der Waals surface area contributed by atoms with Gasteiger partial charge in [0.05, 0.1) is 11.1 Å². The highest BCUT2D eigenvalue weighted by Gasteiger charge is 2.39. The van der Waals surface area contributed by atoms with E-state index >= 15 is 0 Å². The Balaban J connectivity index is 2.05. The third-order valence-electron chi connectivity index (χ3n) is 2.68. The molecule has 0 saturated heterocycles. The summed E-state index contributed by atoms with van der Waals surface area (Å²) in [5.41, 5.74) is 0. The van der Waals surface area contributed by atoms with Crippen molar-refractivity contribution in [3.8, 4) is 0 Å². The lowest BCUT2D eigenvalue weighted by Gasteiger charge is -1.96. The van der Waals surface area contributed by atoms with Crippen molar-refractivity contribution in [1.82, 2.24) is 9.97 Å². The number of rotatable bonds is 4. The number of thioether (sulfide) groups is 1. The quantitative estimate of drug-likeness (QED) is 0.531. The van der Waals surface area contributed by atoms with Crippen molar-refractivity contribution in [2.75, 3.05) is 5.75 Å². The molecule has 1 saturated carbocycles. The van der Waals surface area contributed by atoms with Crippen LogP contribution in [0.25, 0.3) is 10.2 Å². The fourth-order valence-corrected chi connectivity index (χ4v) is 5.49. The molecule has 0 aliphatic heterocycles. The zero-order chi connectivity index (χ0) is 12.7. The third kappa shape index (κ3) is 2.20. The zero-order valence-corrected chi connectivity index (χ0v) is 11.7. The lowest BCUT2D eigenvalue weighted by atomic mass is 10.4. The van der Waals surface area contributed by atoms with E-state index in [-0.39, 0.29) is 16.2 Å². The minimum absolute atomic E-state index is 0.00607. The van der Waals surface area contributed by atoms with Crippen molar-refractivity contribution in [2.45, 2.75) is 23.1 Å². The van der Waals surface area contributed by atoms with E-state index in [9.17, 15) is 4.79 Å². The number of hydrogen-bond acceptors (Lipinski definition) is 4. The average molecular weight is 302 g/mol. The van der Waals surface area contributed by atoms with Crippen LogP contribution < -0.4 is 0 Å². The molecule has 2 aromatic rings. The van der Waals surface area contributed by atoms with Gasteiger partial charge in [-0.3, -0.25) is 4.79 Å². The number of aliphatic carboxylic acids is 1. The van der Waals surface area contributed by atoms with Gasteiger partial charge in [-0.1, -0.05) is 11.8 Å². The van der Waals surface area contributed by atoms with Gasteiger partial charge >= 0.3 is 5.97 Å². The van der Waals surface area contributed by atoms with Gasteiger partial charge in [-0.05, 0) is 11.6 Å². The summed E-state index contributed by atoms with van der Waals surface area (Å²) in [6.45, 7) is 0. The number of carboxylic acids is 1. The largest absolute Gasteiger partial charge is 0.481 e. The highest BCUT2D eigenvalue weighted by molar-refractivity contribution is 8.00. The van der Waals surface area contributed by atoms with Gasteiger partial charge in [0, 0.05) is 29.4 Å². The minimum Gasteiger partial charge on any atom is -0.481 e. The van der Waals surface area contributed by atoms with E-state index in [1.807, 2.05) is 6.07 Å². The Bertz CT molecular complexity index is 625. The first-order valence-corrected chi connectivity index (χ1v) is 8.12. The number of nitrogens with zero attached hydrogens (tertiary/aromatic N) is 2. The number of carboxylic acid groups (broad SMARTS) is 1. The summed E-state index contributed by atoms with van der Waals surface area (Å²) >= 11 is 7.51. The van der Waals surface area contributed by atoms with Crippen LogP contribution in [0.3, 0.4) is 0 Å². The first-order valence-electron chi connectivity index (χ1n) is 5.46. The van der Waals surface area contributed by atoms with Gasteiger partial charge in [-0.15, -0.1) is 0 Å². The topological polar surface area (TPSA) is 63.1 Å². The molecule has 0 spiro atoms. The predicted octanol–water partition coefficient (Wildman–Crippen LogP) is 3.54. The summed E-state index contributed by atoms with van der Waals surface area (Å²) in [4.78, 5) is 20.1. The van der Waals surface area contributed by atoms with Crippen LogP contribution in [0.4, 0.5) is 0 Å². The van der Waals surface area contributed by atoms with Crippen molar-refractivity contribution < 1.29 is 9.90 Å². The van der Waals surface area contributed by atoms with Gasteiger partial charge in [0.1, 0.15) is 16.6 Å². The molecule has 2 aromatic heterocycles. The van der Waals surface area contributed by atoms with E-state index in [0.717, 1.165) is 19.6 Å². The van der Waals surface area contributed by atoms with Gasteiger partial charge in [0.15, 0.2) is 0 Å². The van der Waals surface area contributed by atoms with Crippen molar-refractivity contribution in [3.63, 3.8) is 0 Å². The Morgan fingerprint density at radius 2 is 2.33 bits per heavy atom. The molecule has 2 heterocycles. The minimum atomic E-state index is -0.846. The molecule has 3 rings (SSSR count). The number of carbonyl (C=O) groups is 1. The van der Waals surface area contributed by atoms with Gasteiger partial charge in [0.25, 0.3) is 4.83 Å². The van der Waals surface area contributed by atoms with Crippen molar-refractivity contribution in [1.29, 1.82) is 0 Å². The molecule has 7 heteroatoms. The third-order valence-corrected chi connectivity index (χ3v) is 6.69. The Hall–Kier alpha value is -0.850. The molecule has 18 heavy (non-hydrogen) atoms. The summed E-state index contributed by atoms with van der Waals surface area (Å²) in [5, 5.41) is 11.0. The molecule has 94 valence electrons. The predicted molar refractivity (Wildman–Crippen MR) is 73.7 cm³/mol. The number of fused-ring (bicyclic) bond motifs is 1. The molecule has 4 nitrogen and oxygen atoms in total. The molecule has 1 fully saturated rings. The summed E-state index contributed by atoms with van der Waals surface area (Å²) in [6.07, 6.45) is 3.91.